The van der Waals surface area contributed by atoms with Gasteiger partial charge in [0.05, 0.1) is 5.56 Å². The van der Waals surface area contributed by atoms with Gasteiger partial charge in [-0.3, -0.25) is 4.79 Å². The van der Waals surface area contributed by atoms with Crippen molar-refractivity contribution in [2.24, 2.45) is 5.73 Å². The lowest BCUT2D eigenvalue weighted by atomic mass is 10.2. The standard InChI is InChI=1S/C13H10ClFN2O2/c1-7-4-9(2-3-11(7)15)19-13-10(14)5-8(6-17-13)12(16)18/h2-6H,1H3,(H2,16,18). The van der Waals surface area contributed by atoms with E-state index in [2.05, 4.69) is 4.98 Å². The first kappa shape index (κ1) is 13.3. The highest BCUT2D eigenvalue weighted by Gasteiger charge is 2.10. The van der Waals surface area contributed by atoms with Gasteiger partial charge in [-0.25, -0.2) is 9.37 Å². The first-order valence-electron chi connectivity index (χ1n) is 5.36. The summed E-state index contributed by atoms with van der Waals surface area (Å²) in [7, 11) is 0. The number of nitrogens with zero attached hydrogens (tertiary/aromatic N) is 1. The molecule has 98 valence electrons. The van der Waals surface area contributed by atoms with Gasteiger partial charge in [0.1, 0.15) is 16.6 Å². The van der Waals surface area contributed by atoms with Crippen LogP contribution in [0.15, 0.2) is 30.5 Å². The Hall–Kier alpha value is -2.14. The first-order valence-corrected chi connectivity index (χ1v) is 5.74. The summed E-state index contributed by atoms with van der Waals surface area (Å²) in [4.78, 5) is 14.8. The summed E-state index contributed by atoms with van der Waals surface area (Å²) in [5, 5.41) is 0.151. The predicted octanol–water partition coefficient (Wildman–Crippen LogP) is 3.07. The molecule has 19 heavy (non-hydrogen) atoms. The van der Waals surface area contributed by atoms with Crippen LogP contribution in [0.5, 0.6) is 11.6 Å². The van der Waals surface area contributed by atoms with E-state index >= 15 is 0 Å². The molecule has 0 spiro atoms. The Morgan fingerprint density at radius 1 is 1.42 bits per heavy atom. The van der Waals surface area contributed by atoms with E-state index in [0.717, 1.165) is 0 Å². The van der Waals surface area contributed by atoms with Crippen LogP contribution in [0.3, 0.4) is 0 Å². The van der Waals surface area contributed by atoms with Crippen molar-refractivity contribution in [1.29, 1.82) is 0 Å². The zero-order chi connectivity index (χ0) is 14.0. The minimum absolute atomic E-state index is 0.123. The van der Waals surface area contributed by atoms with E-state index in [-0.39, 0.29) is 22.3 Å². The number of carbonyl (C=O) groups is 1. The third-order valence-corrected chi connectivity index (χ3v) is 2.71. The number of aromatic nitrogens is 1. The van der Waals surface area contributed by atoms with Crippen molar-refractivity contribution in [3.8, 4) is 11.6 Å². The van der Waals surface area contributed by atoms with Crippen molar-refractivity contribution >= 4 is 17.5 Å². The fraction of sp³-hybridized carbons (Fsp3) is 0.0769. The van der Waals surface area contributed by atoms with Crippen LogP contribution in [-0.2, 0) is 0 Å². The van der Waals surface area contributed by atoms with Gasteiger partial charge < -0.3 is 10.5 Å². The Kier molecular flexibility index (Phi) is 3.66. The maximum atomic E-state index is 13.1. The topological polar surface area (TPSA) is 65.2 Å². The number of hydrogen-bond donors (Lipinski definition) is 1. The number of halogens is 2. The maximum Gasteiger partial charge on any atom is 0.250 e. The van der Waals surface area contributed by atoms with Gasteiger partial charge in [-0.05, 0) is 36.8 Å². The van der Waals surface area contributed by atoms with Crippen LogP contribution in [0.1, 0.15) is 15.9 Å². The predicted molar refractivity (Wildman–Crippen MR) is 69.0 cm³/mol. The lowest BCUT2D eigenvalue weighted by Crippen LogP contribution is -2.11. The van der Waals surface area contributed by atoms with Crippen molar-refractivity contribution in [3.05, 3.63) is 52.4 Å². The molecule has 4 nitrogen and oxygen atoms in total. The van der Waals surface area contributed by atoms with Crippen LogP contribution in [0, 0.1) is 12.7 Å². The SMILES string of the molecule is Cc1cc(Oc2ncc(C(N)=O)cc2Cl)ccc1F. The summed E-state index contributed by atoms with van der Waals surface area (Å²) >= 11 is 5.93. The molecular formula is C13H10ClFN2O2. The van der Waals surface area contributed by atoms with Crippen LogP contribution in [0.25, 0.3) is 0 Å². The molecule has 2 aromatic rings. The van der Waals surface area contributed by atoms with E-state index < -0.39 is 5.91 Å². The third-order valence-electron chi connectivity index (χ3n) is 2.44. The fourth-order valence-corrected chi connectivity index (χ4v) is 1.63. The summed E-state index contributed by atoms with van der Waals surface area (Å²) in [5.74, 6) is -0.424. The van der Waals surface area contributed by atoms with E-state index in [0.29, 0.717) is 11.3 Å². The van der Waals surface area contributed by atoms with Gasteiger partial charge >= 0.3 is 0 Å². The highest BCUT2D eigenvalue weighted by molar-refractivity contribution is 6.32. The van der Waals surface area contributed by atoms with E-state index in [4.69, 9.17) is 22.1 Å². The van der Waals surface area contributed by atoms with Crippen LogP contribution in [-0.4, -0.2) is 10.9 Å². The van der Waals surface area contributed by atoms with Crippen LogP contribution >= 0.6 is 11.6 Å². The van der Waals surface area contributed by atoms with Gasteiger partial charge in [0.25, 0.3) is 0 Å². The van der Waals surface area contributed by atoms with E-state index in [1.807, 2.05) is 0 Å². The smallest absolute Gasteiger partial charge is 0.250 e. The molecule has 0 saturated heterocycles. The van der Waals surface area contributed by atoms with Gasteiger partial charge in [0, 0.05) is 6.20 Å². The Bertz CT molecular complexity index is 647. The summed E-state index contributed by atoms with van der Waals surface area (Å²) in [5.41, 5.74) is 5.74. The number of nitrogens with two attached hydrogens (primary N) is 1. The largest absolute Gasteiger partial charge is 0.438 e. The number of carbonyl (C=O) groups excluding carboxylic acids is 1. The number of hydrogen-bond acceptors (Lipinski definition) is 3. The molecule has 2 rings (SSSR count). The Morgan fingerprint density at radius 3 is 2.74 bits per heavy atom. The highest BCUT2D eigenvalue weighted by atomic mass is 35.5. The number of primary amides is 1. The molecule has 0 aliphatic rings. The van der Waals surface area contributed by atoms with Crippen LogP contribution < -0.4 is 10.5 Å². The lowest BCUT2D eigenvalue weighted by molar-refractivity contribution is 0.1000. The monoisotopic (exact) mass is 280 g/mol. The molecule has 2 N–H and O–H groups in total. The Morgan fingerprint density at radius 2 is 2.16 bits per heavy atom. The molecule has 1 heterocycles. The quantitative estimate of drug-likeness (QED) is 0.939. The highest BCUT2D eigenvalue weighted by Crippen LogP contribution is 2.28. The zero-order valence-electron chi connectivity index (χ0n) is 9.98. The van der Waals surface area contributed by atoms with Crippen LogP contribution in [0.4, 0.5) is 4.39 Å². The van der Waals surface area contributed by atoms with Gasteiger partial charge in [-0.15, -0.1) is 0 Å². The molecule has 0 fully saturated rings. The maximum absolute atomic E-state index is 13.1. The number of benzene rings is 1. The van der Waals surface area contributed by atoms with Gasteiger partial charge in [0.15, 0.2) is 0 Å². The minimum atomic E-state index is -0.626. The van der Waals surface area contributed by atoms with Gasteiger partial charge in [-0.1, -0.05) is 11.6 Å². The van der Waals surface area contributed by atoms with Crippen molar-refractivity contribution in [2.45, 2.75) is 6.92 Å². The molecule has 0 aliphatic heterocycles. The Labute approximate surface area is 114 Å². The normalized spacial score (nSPS) is 10.3. The third kappa shape index (κ3) is 3.00. The van der Waals surface area contributed by atoms with E-state index in [9.17, 15) is 9.18 Å². The van der Waals surface area contributed by atoms with Crippen molar-refractivity contribution in [3.63, 3.8) is 0 Å². The average Bonchev–Trinajstić information content (AvgIpc) is 2.36. The summed E-state index contributed by atoms with van der Waals surface area (Å²) < 4.78 is 18.5. The second kappa shape index (κ2) is 5.24. The molecule has 1 amide bonds. The summed E-state index contributed by atoms with van der Waals surface area (Å²) in [6.07, 6.45) is 1.26. The van der Waals surface area contributed by atoms with E-state index in [1.165, 1.54) is 30.5 Å². The molecular weight excluding hydrogens is 271 g/mol. The minimum Gasteiger partial charge on any atom is -0.438 e. The second-order valence-corrected chi connectivity index (χ2v) is 4.30. The summed E-state index contributed by atoms with van der Waals surface area (Å²) in [6, 6.07) is 5.64. The fourth-order valence-electron chi connectivity index (χ4n) is 1.43. The molecule has 6 heteroatoms. The molecule has 0 unspecified atom stereocenters. The molecule has 0 radical (unpaired) electrons. The number of rotatable bonds is 3. The summed E-state index contributed by atoms with van der Waals surface area (Å²) in [6.45, 7) is 1.62. The van der Waals surface area contributed by atoms with Crippen LogP contribution in [0.2, 0.25) is 5.02 Å². The Balaban J connectivity index is 2.28. The van der Waals surface area contributed by atoms with Crippen molar-refractivity contribution < 1.29 is 13.9 Å². The second-order valence-electron chi connectivity index (χ2n) is 3.89. The number of ether oxygens (including phenoxy) is 1. The molecule has 1 aromatic heterocycles. The molecule has 1 aromatic carbocycles. The average molecular weight is 281 g/mol. The lowest BCUT2D eigenvalue weighted by Gasteiger charge is -2.08. The molecule has 0 bridgehead atoms. The van der Waals surface area contributed by atoms with Gasteiger partial charge in [0.2, 0.25) is 11.8 Å². The zero-order valence-corrected chi connectivity index (χ0v) is 10.7. The first-order chi connectivity index (χ1) is 8.97. The van der Waals surface area contributed by atoms with Gasteiger partial charge in [-0.2, -0.15) is 0 Å². The number of aryl methyl sites for hydroxylation is 1. The number of amides is 1. The van der Waals surface area contributed by atoms with E-state index in [1.54, 1.807) is 6.92 Å². The molecule has 0 atom stereocenters. The van der Waals surface area contributed by atoms with Crippen molar-refractivity contribution in [1.82, 2.24) is 4.98 Å². The number of pyridine rings is 1. The molecule has 0 aliphatic carbocycles. The van der Waals surface area contributed by atoms with Crippen molar-refractivity contribution in [2.75, 3.05) is 0 Å². The molecule has 0 saturated carbocycles.